The number of carbonyl (C=O) groups excluding carboxylic acids is 3. The molecule has 13 rings (SSSR count). The molecule has 2 aromatic rings. The Hall–Kier alpha value is -3.59. The summed E-state index contributed by atoms with van der Waals surface area (Å²) in [4.78, 5) is 47.4. The van der Waals surface area contributed by atoms with Crippen LogP contribution in [0.2, 0.25) is 0 Å². The number of esters is 2. The van der Waals surface area contributed by atoms with Gasteiger partial charge >= 0.3 is 11.9 Å². The van der Waals surface area contributed by atoms with Gasteiger partial charge in [-0.2, -0.15) is 0 Å². The maximum absolute atomic E-state index is 16.3. The number of allylic oxidation sites excluding steroid dienone is 1. The maximum Gasteiger partial charge on any atom is 0.339 e. The first-order valence-electron chi connectivity index (χ1n) is 29.2. The lowest BCUT2D eigenvalue weighted by molar-refractivity contribution is -0.276. The van der Waals surface area contributed by atoms with Crippen LogP contribution in [-0.4, -0.2) is 106 Å². The molecule has 1 aromatic heterocycles. The summed E-state index contributed by atoms with van der Waals surface area (Å²) in [6.07, 6.45) is 16.5. The summed E-state index contributed by atoms with van der Waals surface area (Å²) < 4.78 is 34.0. The lowest BCUT2D eigenvalue weighted by Gasteiger charge is -2.70. The predicted molar refractivity (Wildman–Crippen MR) is 272 cm³/mol. The van der Waals surface area contributed by atoms with Gasteiger partial charge in [-0.3, -0.25) is 14.9 Å². The van der Waals surface area contributed by atoms with Gasteiger partial charge in [0.05, 0.1) is 49.7 Å². The number of nitrogens with one attached hydrogen (secondary N) is 1. The average molecular weight is 1020 g/mol. The first-order chi connectivity index (χ1) is 35.8. The van der Waals surface area contributed by atoms with Crippen molar-refractivity contribution in [1.82, 2.24) is 10.2 Å². The lowest BCUT2D eigenvalue weighted by Crippen LogP contribution is -2.79. The molecule has 5 saturated heterocycles. The van der Waals surface area contributed by atoms with Crippen LogP contribution >= 0.6 is 0 Å². The number of carbonyl (C=O) groups is 3. The van der Waals surface area contributed by atoms with Crippen molar-refractivity contribution in [2.75, 3.05) is 26.4 Å². The standard InChI is InChI=1S/C61H82N2O11/c1-35(38-13-7-8-14-38)18-23-58(3)52-51(67)53(68)60(41-15-9-12-37(27-41)26-36-10-5-4-6-11-36)48(59(52)33-71-50(66)30-49(59)73-58)19-22-57(2)54(72-56(69)55-61(57,60)74-55)43-21-25-70-47(43)29-44(46(65)32-64)39-16-17-42-40(28-39)20-24-63-34-62-31-45(42)63/h4-6,10-11,20-21,24-25,35,37-42,44-46,48-49,52-55,62,64-65,68H,7-9,12-19,22-23,26-34H2,1-3H3. The third kappa shape index (κ3) is 7.23. The van der Waals surface area contributed by atoms with Crippen LogP contribution in [-0.2, 0) is 46.2 Å². The molecule has 1 aromatic carbocycles. The fourth-order valence-corrected chi connectivity index (χ4v) is 20.0. The van der Waals surface area contributed by atoms with Gasteiger partial charge in [-0.1, -0.05) is 88.8 Å². The number of ketones is 1. The number of furan rings is 1. The van der Waals surface area contributed by atoms with Crippen LogP contribution in [0.4, 0.5) is 0 Å². The van der Waals surface area contributed by atoms with Crippen molar-refractivity contribution in [3.05, 3.63) is 71.8 Å². The normalized spacial score (nSPS) is 45.4. The zero-order valence-electron chi connectivity index (χ0n) is 44.0. The fourth-order valence-electron chi connectivity index (χ4n) is 20.0. The Morgan fingerprint density at radius 1 is 0.919 bits per heavy atom. The molecule has 4 N–H and O–H groups in total. The summed E-state index contributed by atoms with van der Waals surface area (Å²) in [5.74, 6) is 0.310. The molecule has 20 atom stereocenters. The van der Waals surface area contributed by atoms with Crippen LogP contribution < -0.4 is 5.32 Å². The summed E-state index contributed by atoms with van der Waals surface area (Å²) in [5.41, 5.74) is -3.41. The number of Topliss-reactive ketones (excluding diaryl/α,β-unsaturated/α-hetero) is 1. The van der Waals surface area contributed by atoms with Gasteiger partial charge in [0.25, 0.3) is 0 Å². The summed E-state index contributed by atoms with van der Waals surface area (Å²) in [5, 5.41) is 39.8. The molecule has 0 bridgehead atoms. The molecule has 402 valence electrons. The second kappa shape index (κ2) is 18.5. The number of hydrogen-bond acceptors (Lipinski definition) is 13. The van der Waals surface area contributed by atoms with E-state index in [0.29, 0.717) is 66.7 Å². The Morgan fingerprint density at radius 2 is 1.74 bits per heavy atom. The molecular formula is C61H82N2O11. The molecule has 20 unspecified atom stereocenters. The van der Waals surface area contributed by atoms with Crippen molar-refractivity contribution in [2.24, 2.45) is 75.4 Å². The van der Waals surface area contributed by atoms with Gasteiger partial charge in [0.15, 0.2) is 11.9 Å². The van der Waals surface area contributed by atoms with Gasteiger partial charge in [-0.05, 0) is 142 Å². The number of aliphatic hydroxyl groups is 3. The quantitative estimate of drug-likeness (QED) is 0.112. The van der Waals surface area contributed by atoms with Crippen molar-refractivity contribution >= 4 is 17.7 Å². The third-order valence-electron chi connectivity index (χ3n) is 23.3. The van der Waals surface area contributed by atoms with Crippen LogP contribution in [0.1, 0.15) is 146 Å². The SMILES string of the molecule is CC(CCC1(C)OC2CC(=O)OCC23C1C(=O)C(O)C1(C2CCCC(Cc4ccccc4)C2)C3CCC2(C)C(c3ccoc3CC(C(O)CO)C3CCC4C(C=CN5CNCC45)C3)OC(=O)C3OC321)C1CCCC1. The average Bonchev–Trinajstić information content (AvgIpc) is 3.99. The molecule has 7 heterocycles. The van der Waals surface area contributed by atoms with E-state index in [9.17, 15) is 20.1 Å². The van der Waals surface area contributed by atoms with Crippen molar-refractivity contribution in [1.29, 1.82) is 0 Å². The Morgan fingerprint density at radius 3 is 2.55 bits per heavy atom. The smallest absolute Gasteiger partial charge is 0.339 e. The Bertz CT molecular complexity index is 2490. The monoisotopic (exact) mass is 1020 g/mol. The molecule has 0 amide bonds. The van der Waals surface area contributed by atoms with E-state index in [-0.39, 0.29) is 61.0 Å². The minimum Gasteiger partial charge on any atom is -0.469 e. The Labute approximate surface area is 437 Å². The van der Waals surface area contributed by atoms with Crippen LogP contribution in [0.5, 0.6) is 0 Å². The summed E-state index contributed by atoms with van der Waals surface area (Å²) in [7, 11) is 0. The number of aliphatic hydroxyl groups excluding tert-OH is 3. The number of epoxide rings is 1. The highest BCUT2D eigenvalue weighted by Gasteiger charge is 2.93. The fraction of sp³-hybridized carbons (Fsp3) is 0.754. The number of benzene rings is 1. The minimum atomic E-state index is -1.48. The molecule has 5 aliphatic carbocycles. The number of hydrogen-bond donors (Lipinski definition) is 4. The molecule has 74 heavy (non-hydrogen) atoms. The van der Waals surface area contributed by atoms with Crippen molar-refractivity contribution < 1.29 is 53.1 Å². The van der Waals surface area contributed by atoms with Gasteiger partial charge in [0.1, 0.15) is 30.2 Å². The topological polar surface area (TPSA) is 181 Å². The second-order valence-electron chi connectivity index (χ2n) is 26.5. The third-order valence-corrected chi connectivity index (χ3v) is 23.3. The molecule has 10 fully saturated rings. The molecule has 5 saturated carbocycles. The zero-order chi connectivity index (χ0) is 50.9. The molecule has 13 heteroatoms. The Kier molecular flexibility index (Phi) is 12.5. The van der Waals surface area contributed by atoms with E-state index in [4.69, 9.17) is 23.4 Å². The maximum atomic E-state index is 16.3. The summed E-state index contributed by atoms with van der Waals surface area (Å²) in [6, 6.07) is 13.0. The molecular weight excluding hydrogens is 937 g/mol. The number of nitrogens with zero attached hydrogens (tertiary/aromatic N) is 1. The first-order valence-corrected chi connectivity index (χ1v) is 29.2. The van der Waals surface area contributed by atoms with Crippen LogP contribution in [0.3, 0.4) is 0 Å². The number of rotatable bonds is 13. The number of cyclic esters (lactones) is 2. The van der Waals surface area contributed by atoms with Crippen molar-refractivity contribution in [3.63, 3.8) is 0 Å². The second-order valence-corrected chi connectivity index (χ2v) is 26.5. The molecule has 0 radical (unpaired) electrons. The zero-order valence-corrected chi connectivity index (χ0v) is 44.0. The van der Waals surface area contributed by atoms with Crippen molar-refractivity contribution in [3.8, 4) is 0 Å². The largest absolute Gasteiger partial charge is 0.469 e. The molecule has 11 aliphatic rings. The number of ether oxygens (including phenoxy) is 4. The van der Waals surface area contributed by atoms with Gasteiger partial charge in [0.2, 0.25) is 0 Å². The lowest BCUT2D eigenvalue weighted by atomic mass is 9.32. The van der Waals surface area contributed by atoms with Crippen LogP contribution in [0.25, 0.3) is 0 Å². The van der Waals surface area contributed by atoms with Crippen molar-refractivity contribution in [2.45, 2.75) is 184 Å². The van der Waals surface area contributed by atoms with E-state index in [0.717, 1.165) is 71.0 Å². The molecule has 13 nitrogen and oxygen atoms in total. The predicted octanol–water partition coefficient (Wildman–Crippen LogP) is 8.03. The van der Waals surface area contributed by atoms with E-state index >= 15 is 9.59 Å². The van der Waals surface area contributed by atoms with Gasteiger partial charge < -0.3 is 43.6 Å². The van der Waals surface area contributed by atoms with Gasteiger partial charge in [0, 0.05) is 40.8 Å². The van der Waals surface area contributed by atoms with E-state index in [1.54, 1.807) is 6.26 Å². The molecule has 2 spiro atoms. The van der Waals surface area contributed by atoms with Crippen LogP contribution in [0, 0.1) is 75.4 Å². The van der Waals surface area contributed by atoms with E-state index in [1.165, 1.54) is 31.2 Å². The summed E-state index contributed by atoms with van der Waals surface area (Å²) in [6.45, 7) is 8.08. The Balaban J connectivity index is 0.892. The highest BCUT2D eigenvalue weighted by Crippen LogP contribution is 2.83. The van der Waals surface area contributed by atoms with Gasteiger partial charge in [-0.25, -0.2) is 4.79 Å². The number of fused-ring (bicyclic) bond motifs is 4. The summed E-state index contributed by atoms with van der Waals surface area (Å²) >= 11 is 0. The van der Waals surface area contributed by atoms with E-state index in [2.05, 4.69) is 67.5 Å². The van der Waals surface area contributed by atoms with Gasteiger partial charge in [-0.15, -0.1) is 0 Å². The minimum absolute atomic E-state index is 0.0279. The highest BCUT2D eigenvalue weighted by atomic mass is 16.7. The van der Waals surface area contributed by atoms with E-state index in [1.807, 2.05) is 12.1 Å². The van der Waals surface area contributed by atoms with E-state index < -0.39 is 69.9 Å². The first kappa shape index (κ1) is 49.9. The molecule has 6 aliphatic heterocycles. The highest BCUT2D eigenvalue weighted by molar-refractivity contribution is 5.92. The van der Waals surface area contributed by atoms with Crippen LogP contribution in [0.15, 0.2) is 59.4 Å².